The molecule has 0 heterocycles. The lowest BCUT2D eigenvalue weighted by Gasteiger charge is -2.12. The smallest absolute Gasteiger partial charge is 0.259 e. The molecule has 0 fully saturated rings. The molecule has 0 aliphatic carbocycles. The summed E-state index contributed by atoms with van der Waals surface area (Å²) in [7, 11) is 1.50. The fourth-order valence-electron chi connectivity index (χ4n) is 1.88. The minimum absolute atomic E-state index is 0.127. The first kappa shape index (κ1) is 14.5. The summed E-state index contributed by atoms with van der Waals surface area (Å²) in [6.45, 7) is 1.84. The van der Waals surface area contributed by atoms with Crippen molar-refractivity contribution >= 4 is 27.5 Å². The number of carbonyl (C=O) groups is 1. The molecule has 5 heteroatoms. The minimum Gasteiger partial charge on any atom is -0.496 e. The molecule has 2 aromatic rings. The van der Waals surface area contributed by atoms with E-state index in [0.717, 1.165) is 5.56 Å². The second kappa shape index (κ2) is 6.05. The molecule has 0 spiro atoms. The number of aryl methyl sites for hydroxylation is 1. The van der Waals surface area contributed by atoms with Crippen molar-refractivity contribution in [2.45, 2.75) is 6.92 Å². The fraction of sp³-hybridized carbons (Fsp3) is 0.133. The first-order valence-corrected chi connectivity index (χ1v) is 6.72. The minimum atomic E-state index is -0.501. The summed E-state index contributed by atoms with van der Waals surface area (Å²) < 4.78 is 19.5. The highest BCUT2D eigenvalue weighted by Crippen LogP contribution is 2.25. The molecule has 0 aromatic heterocycles. The molecule has 2 rings (SSSR count). The summed E-state index contributed by atoms with van der Waals surface area (Å²) in [5.74, 6) is -0.423. The van der Waals surface area contributed by atoms with Gasteiger partial charge in [0.15, 0.2) is 0 Å². The Balaban J connectivity index is 2.31. The van der Waals surface area contributed by atoms with Crippen LogP contribution in [0.4, 0.5) is 10.1 Å². The van der Waals surface area contributed by atoms with E-state index < -0.39 is 11.7 Å². The molecule has 1 amide bonds. The standard InChI is InChI=1S/C15H13BrFNO2/c1-9-4-3-5-11(14(9)20-2)15(19)18-13-7-6-10(16)8-12(13)17/h3-8H,1-2H3,(H,18,19). The summed E-state index contributed by atoms with van der Waals surface area (Å²) in [5.41, 5.74) is 1.34. The molecule has 104 valence electrons. The van der Waals surface area contributed by atoms with Crippen LogP contribution in [-0.2, 0) is 0 Å². The molecule has 0 unspecified atom stereocenters. The molecule has 0 radical (unpaired) electrons. The van der Waals surface area contributed by atoms with Gasteiger partial charge >= 0.3 is 0 Å². The third-order valence-electron chi connectivity index (χ3n) is 2.84. The number of nitrogens with one attached hydrogen (secondary N) is 1. The van der Waals surface area contributed by atoms with E-state index in [2.05, 4.69) is 21.2 Å². The van der Waals surface area contributed by atoms with Gasteiger partial charge in [0.2, 0.25) is 0 Å². The molecule has 1 N–H and O–H groups in total. The monoisotopic (exact) mass is 337 g/mol. The number of amides is 1. The van der Waals surface area contributed by atoms with Crippen LogP contribution >= 0.6 is 15.9 Å². The van der Waals surface area contributed by atoms with Crippen molar-refractivity contribution in [2.24, 2.45) is 0 Å². The molecule has 0 aliphatic rings. The third-order valence-corrected chi connectivity index (χ3v) is 3.33. The Hall–Kier alpha value is -1.88. The van der Waals surface area contributed by atoms with E-state index >= 15 is 0 Å². The zero-order valence-corrected chi connectivity index (χ0v) is 12.6. The van der Waals surface area contributed by atoms with E-state index in [1.165, 1.54) is 19.2 Å². The number of halogens is 2. The fourth-order valence-corrected chi connectivity index (χ4v) is 2.22. The van der Waals surface area contributed by atoms with Gasteiger partial charge in [-0.2, -0.15) is 0 Å². The highest BCUT2D eigenvalue weighted by Gasteiger charge is 2.15. The number of methoxy groups -OCH3 is 1. The van der Waals surface area contributed by atoms with E-state index in [9.17, 15) is 9.18 Å². The van der Waals surface area contributed by atoms with Gasteiger partial charge in [0.1, 0.15) is 11.6 Å². The van der Waals surface area contributed by atoms with Crippen LogP contribution in [0.1, 0.15) is 15.9 Å². The molecule has 0 saturated carbocycles. The summed E-state index contributed by atoms with van der Waals surface area (Å²) in [5, 5.41) is 2.54. The van der Waals surface area contributed by atoms with E-state index in [1.807, 2.05) is 13.0 Å². The number of benzene rings is 2. The van der Waals surface area contributed by atoms with Gasteiger partial charge in [0.05, 0.1) is 18.4 Å². The Labute approximate surface area is 124 Å². The summed E-state index contributed by atoms with van der Waals surface area (Å²) in [6, 6.07) is 9.69. The number of rotatable bonds is 3. The molecular weight excluding hydrogens is 325 g/mol. The number of hydrogen-bond acceptors (Lipinski definition) is 2. The molecule has 0 saturated heterocycles. The number of para-hydroxylation sites is 1. The Morgan fingerprint density at radius 2 is 2.05 bits per heavy atom. The molecular formula is C15H13BrFNO2. The zero-order chi connectivity index (χ0) is 14.7. The van der Waals surface area contributed by atoms with Gasteiger partial charge in [-0.3, -0.25) is 4.79 Å². The summed E-state index contributed by atoms with van der Waals surface area (Å²) in [4.78, 5) is 12.2. The van der Waals surface area contributed by atoms with Crippen molar-refractivity contribution < 1.29 is 13.9 Å². The van der Waals surface area contributed by atoms with Crippen molar-refractivity contribution in [2.75, 3.05) is 12.4 Å². The van der Waals surface area contributed by atoms with Gasteiger partial charge < -0.3 is 10.1 Å². The van der Waals surface area contributed by atoms with Gasteiger partial charge in [-0.15, -0.1) is 0 Å². The predicted molar refractivity (Wildman–Crippen MR) is 79.8 cm³/mol. The largest absolute Gasteiger partial charge is 0.496 e. The quantitative estimate of drug-likeness (QED) is 0.913. The van der Waals surface area contributed by atoms with Crippen molar-refractivity contribution in [3.63, 3.8) is 0 Å². The van der Waals surface area contributed by atoms with Crippen LogP contribution in [0.2, 0.25) is 0 Å². The second-order valence-corrected chi connectivity index (χ2v) is 5.15. The zero-order valence-electron chi connectivity index (χ0n) is 11.0. The second-order valence-electron chi connectivity index (χ2n) is 4.23. The highest BCUT2D eigenvalue weighted by molar-refractivity contribution is 9.10. The van der Waals surface area contributed by atoms with E-state index in [0.29, 0.717) is 15.8 Å². The number of hydrogen-bond donors (Lipinski definition) is 1. The summed E-state index contributed by atoms with van der Waals surface area (Å²) in [6.07, 6.45) is 0. The molecule has 2 aromatic carbocycles. The Kier molecular flexibility index (Phi) is 4.39. The van der Waals surface area contributed by atoms with Crippen LogP contribution in [0.15, 0.2) is 40.9 Å². The van der Waals surface area contributed by atoms with Gasteiger partial charge in [0.25, 0.3) is 5.91 Å². The predicted octanol–water partition coefficient (Wildman–Crippen LogP) is 4.16. The van der Waals surface area contributed by atoms with Crippen molar-refractivity contribution in [3.05, 3.63) is 57.8 Å². The van der Waals surface area contributed by atoms with Crippen LogP contribution in [0.5, 0.6) is 5.75 Å². The van der Waals surface area contributed by atoms with Crippen molar-refractivity contribution in [1.82, 2.24) is 0 Å². The Bertz CT molecular complexity index is 658. The Morgan fingerprint density at radius 3 is 2.70 bits per heavy atom. The SMILES string of the molecule is COc1c(C)cccc1C(=O)Nc1ccc(Br)cc1F. The van der Waals surface area contributed by atoms with Gasteiger partial charge in [-0.25, -0.2) is 4.39 Å². The van der Waals surface area contributed by atoms with E-state index in [4.69, 9.17) is 4.74 Å². The maximum atomic E-state index is 13.7. The van der Waals surface area contributed by atoms with Gasteiger partial charge in [-0.1, -0.05) is 28.1 Å². The highest BCUT2D eigenvalue weighted by atomic mass is 79.9. The summed E-state index contributed by atoms with van der Waals surface area (Å²) >= 11 is 3.17. The lowest BCUT2D eigenvalue weighted by atomic mass is 10.1. The molecule has 0 aliphatic heterocycles. The Morgan fingerprint density at radius 1 is 1.30 bits per heavy atom. The van der Waals surface area contributed by atoms with E-state index in [-0.39, 0.29) is 5.69 Å². The van der Waals surface area contributed by atoms with Crippen molar-refractivity contribution in [1.29, 1.82) is 0 Å². The average molecular weight is 338 g/mol. The molecule has 0 atom stereocenters. The average Bonchev–Trinajstić information content (AvgIpc) is 2.41. The first-order chi connectivity index (χ1) is 9.52. The van der Waals surface area contributed by atoms with Gasteiger partial charge in [0, 0.05) is 4.47 Å². The van der Waals surface area contributed by atoms with Crippen LogP contribution < -0.4 is 10.1 Å². The topological polar surface area (TPSA) is 38.3 Å². The molecule has 3 nitrogen and oxygen atoms in total. The molecule has 20 heavy (non-hydrogen) atoms. The van der Waals surface area contributed by atoms with Crippen LogP contribution in [0.25, 0.3) is 0 Å². The van der Waals surface area contributed by atoms with Gasteiger partial charge in [-0.05, 0) is 36.8 Å². The van der Waals surface area contributed by atoms with Crippen LogP contribution in [0, 0.1) is 12.7 Å². The number of ether oxygens (including phenoxy) is 1. The van der Waals surface area contributed by atoms with Crippen molar-refractivity contribution in [3.8, 4) is 5.75 Å². The van der Waals surface area contributed by atoms with Crippen LogP contribution in [-0.4, -0.2) is 13.0 Å². The molecule has 0 bridgehead atoms. The third kappa shape index (κ3) is 2.99. The maximum Gasteiger partial charge on any atom is 0.259 e. The normalized spacial score (nSPS) is 10.2. The number of anilines is 1. The number of carbonyl (C=O) groups excluding carboxylic acids is 1. The lowest BCUT2D eigenvalue weighted by molar-refractivity contribution is 0.102. The first-order valence-electron chi connectivity index (χ1n) is 5.93. The maximum absolute atomic E-state index is 13.7. The van der Waals surface area contributed by atoms with E-state index in [1.54, 1.807) is 18.2 Å². The lowest BCUT2D eigenvalue weighted by Crippen LogP contribution is -2.14. The van der Waals surface area contributed by atoms with Crippen LogP contribution in [0.3, 0.4) is 0 Å².